The molecule has 18 heavy (non-hydrogen) atoms. The lowest BCUT2D eigenvalue weighted by Crippen LogP contribution is -2.45. The lowest BCUT2D eigenvalue weighted by atomic mass is 9.83. The van der Waals surface area contributed by atoms with Crippen LogP contribution in [0.4, 0.5) is 0 Å². The minimum absolute atomic E-state index is 0.0991. The Morgan fingerprint density at radius 3 is 2.61 bits per heavy atom. The number of hydrogen-bond donors (Lipinski definition) is 1. The zero-order chi connectivity index (χ0) is 13.6. The van der Waals surface area contributed by atoms with E-state index in [0.29, 0.717) is 25.4 Å². The molecule has 1 atom stereocenters. The van der Waals surface area contributed by atoms with Gasteiger partial charge in [0.2, 0.25) is 5.91 Å². The molecule has 4 nitrogen and oxygen atoms in total. The third kappa shape index (κ3) is 3.02. The highest BCUT2D eigenvalue weighted by molar-refractivity contribution is 5.85. The number of rotatable bonds is 6. The van der Waals surface area contributed by atoms with Crippen molar-refractivity contribution in [3.63, 3.8) is 0 Å². The molecule has 0 saturated carbocycles. The van der Waals surface area contributed by atoms with Crippen LogP contribution in [0.1, 0.15) is 46.5 Å². The monoisotopic (exact) mass is 251 g/mol. The average Bonchev–Trinajstić information content (AvgIpc) is 2.86. The molecule has 0 radical (unpaired) electrons. The van der Waals surface area contributed by atoms with E-state index >= 15 is 0 Å². The second-order valence-electron chi connectivity index (χ2n) is 5.04. The van der Waals surface area contributed by atoms with E-state index in [4.69, 9.17) is 0 Å². The maximum atomic E-state index is 12.2. The number of nitrogens with one attached hydrogen (secondary N) is 1. The smallest absolute Gasteiger partial charge is 0.240 e. The summed E-state index contributed by atoms with van der Waals surface area (Å²) in [5, 5.41) is 12.2. The molecule has 0 aliphatic carbocycles. The van der Waals surface area contributed by atoms with Crippen LogP contribution >= 0.6 is 0 Å². The second kappa shape index (κ2) is 6.75. The van der Waals surface area contributed by atoms with Gasteiger partial charge in [0.15, 0.2) is 0 Å². The maximum absolute atomic E-state index is 12.2. The SMILES string of the molecule is CCN1CCCC1CNC(=O)C(C#N)(CC)CC. The first kappa shape index (κ1) is 15.0. The van der Waals surface area contributed by atoms with E-state index in [1.165, 1.54) is 6.42 Å². The molecule has 4 heteroatoms. The van der Waals surface area contributed by atoms with Crippen LogP contribution in [0.25, 0.3) is 0 Å². The van der Waals surface area contributed by atoms with Crippen LogP contribution in [-0.4, -0.2) is 36.5 Å². The van der Waals surface area contributed by atoms with Crippen LogP contribution in [0, 0.1) is 16.7 Å². The molecule has 0 bridgehead atoms. The van der Waals surface area contributed by atoms with Crippen LogP contribution in [0.5, 0.6) is 0 Å². The van der Waals surface area contributed by atoms with E-state index in [9.17, 15) is 10.1 Å². The van der Waals surface area contributed by atoms with Gasteiger partial charge in [-0.05, 0) is 38.8 Å². The van der Waals surface area contributed by atoms with Gasteiger partial charge >= 0.3 is 0 Å². The third-order valence-corrected chi connectivity index (χ3v) is 4.26. The van der Waals surface area contributed by atoms with Crippen LogP contribution in [0.3, 0.4) is 0 Å². The van der Waals surface area contributed by atoms with Crippen LogP contribution in [0.15, 0.2) is 0 Å². The highest BCUT2D eigenvalue weighted by atomic mass is 16.2. The van der Waals surface area contributed by atoms with Crippen molar-refractivity contribution in [1.29, 1.82) is 5.26 Å². The summed E-state index contributed by atoms with van der Waals surface area (Å²) in [7, 11) is 0. The quantitative estimate of drug-likeness (QED) is 0.784. The lowest BCUT2D eigenvalue weighted by molar-refractivity contribution is -0.128. The molecule has 1 amide bonds. The topological polar surface area (TPSA) is 56.1 Å². The van der Waals surface area contributed by atoms with Crippen molar-refractivity contribution < 1.29 is 4.79 Å². The van der Waals surface area contributed by atoms with Gasteiger partial charge < -0.3 is 5.32 Å². The normalized spacial score (nSPS) is 20.7. The molecular weight excluding hydrogens is 226 g/mol. The van der Waals surface area contributed by atoms with Crippen molar-refractivity contribution in [1.82, 2.24) is 10.2 Å². The molecule has 1 N–H and O–H groups in total. The van der Waals surface area contributed by atoms with Crippen molar-refractivity contribution >= 4 is 5.91 Å². The number of nitrogens with zero attached hydrogens (tertiary/aromatic N) is 2. The van der Waals surface area contributed by atoms with Gasteiger partial charge in [-0.15, -0.1) is 0 Å². The highest BCUT2D eigenvalue weighted by Crippen LogP contribution is 2.25. The standard InChI is InChI=1S/C14H25N3O/c1-4-14(5-2,11-15)13(18)16-10-12-8-7-9-17(12)6-3/h12H,4-10H2,1-3H3,(H,16,18). The fourth-order valence-electron chi connectivity index (χ4n) is 2.70. The molecule has 1 rings (SSSR count). The van der Waals surface area contributed by atoms with Crippen molar-refractivity contribution in [2.24, 2.45) is 5.41 Å². The summed E-state index contributed by atoms with van der Waals surface area (Å²) in [6.45, 7) is 8.79. The molecule has 102 valence electrons. The summed E-state index contributed by atoms with van der Waals surface area (Å²) in [4.78, 5) is 14.6. The van der Waals surface area contributed by atoms with Crippen LogP contribution in [-0.2, 0) is 4.79 Å². The number of carbonyl (C=O) groups is 1. The molecule has 0 aromatic carbocycles. The van der Waals surface area contributed by atoms with Gasteiger partial charge in [-0.2, -0.15) is 5.26 Å². The molecular formula is C14H25N3O. The molecule has 1 aliphatic heterocycles. The highest BCUT2D eigenvalue weighted by Gasteiger charge is 2.35. The van der Waals surface area contributed by atoms with E-state index in [-0.39, 0.29) is 5.91 Å². The Balaban J connectivity index is 2.53. The van der Waals surface area contributed by atoms with E-state index in [2.05, 4.69) is 23.2 Å². The van der Waals surface area contributed by atoms with Gasteiger partial charge in [0.1, 0.15) is 5.41 Å². The molecule has 1 unspecified atom stereocenters. The fourth-order valence-corrected chi connectivity index (χ4v) is 2.70. The van der Waals surface area contributed by atoms with Crippen molar-refractivity contribution in [2.75, 3.05) is 19.6 Å². The van der Waals surface area contributed by atoms with Gasteiger partial charge in [-0.25, -0.2) is 0 Å². The number of amides is 1. The minimum atomic E-state index is -0.838. The number of carbonyl (C=O) groups excluding carboxylic acids is 1. The van der Waals surface area contributed by atoms with Gasteiger partial charge in [0, 0.05) is 12.6 Å². The Bertz CT molecular complexity index is 317. The molecule has 0 aromatic heterocycles. The van der Waals surface area contributed by atoms with E-state index in [1.54, 1.807) is 0 Å². The average molecular weight is 251 g/mol. The zero-order valence-electron chi connectivity index (χ0n) is 11.8. The summed E-state index contributed by atoms with van der Waals surface area (Å²) in [6.07, 6.45) is 3.51. The first-order valence-electron chi connectivity index (χ1n) is 7.07. The Morgan fingerprint density at radius 1 is 1.44 bits per heavy atom. The Kier molecular flexibility index (Phi) is 5.61. The lowest BCUT2D eigenvalue weighted by Gasteiger charge is -2.26. The van der Waals surface area contributed by atoms with Crippen LogP contribution < -0.4 is 5.32 Å². The molecule has 0 aromatic rings. The van der Waals surface area contributed by atoms with Gasteiger partial charge in [0.25, 0.3) is 0 Å². The number of likely N-dealkylation sites (tertiary alicyclic amines) is 1. The zero-order valence-corrected chi connectivity index (χ0v) is 11.8. The van der Waals surface area contributed by atoms with Gasteiger partial charge in [-0.3, -0.25) is 9.69 Å². The number of nitriles is 1. The predicted molar refractivity (Wildman–Crippen MR) is 71.9 cm³/mol. The van der Waals surface area contributed by atoms with Gasteiger partial charge in [0.05, 0.1) is 6.07 Å². The van der Waals surface area contributed by atoms with E-state index in [0.717, 1.165) is 19.5 Å². The summed E-state index contributed by atoms with van der Waals surface area (Å²) >= 11 is 0. The summed E-state index contributed by atoms with van der Waals surface area (Å²) in [5.74, 6) is -0.0991. The largest absolute Gasteiger partial charge is 0.353 e. The molecule has 1 aliphatic rings. The second-order valence-corrected chi connectivity index (χ2v) is 5.04. The third-order valence-electron chi connectivity index (χ3n) is 4.26. The van der Waals surface area contributed by atoms with Crippen molar-refractivity contribution in [3.05, 3.63) is 0 Å². The fraction of sp³-hybridized carbons (Fsp3) is 0.857. The Morgan fingerprint density at radius 2 is 2.11 bits per heavy atom. The predicted octanol–water partition coefficient (Wildman–Crippen LogP) is 1.92. The molecule has 1 saturated heterocycles. The number of likely N-dealkylation sites (N-methyl/N-ethyl adjacent to an activating group) is 1. The maximum Gasteiger partial charge on any atom is 0.240 e. The van der Waals surface area contributed by atoms with Gasteiger partial charge in [-0.1, -0.05) is 20.8 Å². The first-order valence-corrected chi connectivity index (χ1v) is 7.07. The molecule has 1 fully saturated rings. The van der Waals surface area contributed by atoms with Crippen molar-refractivity contribution in [2.45, 2.75) is 52.5 Å². The van der Waals surface area contributed by atoms with Crippen LogP contribution in [0.2, 0.25) is 0 Å². The summed E-state index contributed by atoms with van der Waals surface area (Å²) in [5.41, 5.74) is -0.838. The minimum Gasteiger partial charge on any atom is -0.353 e. The van der Waals surface area contributed by atoms with Crippen molar-refractivity contribution in [3.8, 4) is 6.07 Å². The summed E-state index contributed by atoms with van der Waals surface area (Å²) < 4.78 is 0. The van der Waals surface area contributed by atoms with E-state index < -0.39 is 5.41 Å². The Labute approximate surface area is 110 Å². The Hall–Kier alpha value is -1.08. The molecule has 1 heterocycles. The number of hydrogen-bond acceptors (Lipinski definition) is 3. The first-order chi connectivity index (χ1) is 8.63. The summed E-state index contributed by atoms with van der Waals surface area (Å²) in [6, 6.07) is 2.64. The molecule has 0 spiro atoms. The van der Waals surface area contributed by atoms with E-state index in [1.807, 2.05) is 13.8 Å².